The van der Waals surface area contributed by atoms with Crippen molar-refractivity contribution in [3.05, 3.63) is 60.2 Å². The van der Waals surface area contributed by atoms with Crippen molar-refractivity contribution in [3.63, 3.8) is 0 Å². The zero-order valence-corrected chi connectivity index (χ0v) is 24.5. The number of carboxylic acid groups (broad SMARTS) is 1. The molecule has 0 unspecified atom stereocenters. The van der Waals surface area contributed by atoms with E-state index in [9.17, 15) is 33.0 Å². The van der Waals surface area contributed by atoms with Crippen molar-refractivity contribution in [2.24, 2.45) is 5.92 Å². The molecule has 2 N–H and O–H groups in total. The number of carbonyl (C=O) groups is 3. The Morgan fingerprint density at radius 3 is 2.27 bits per heavy atom. The van der Waals surface area contributed by atoms with Crippen molar-refractivity contribution in [2.45, 2.75) is 57.1 Å². The maximum absolute atomic E-state index is 13.7. The molecule has 0 spiro atoms. The Hall–Kier alpha value is -3.48. The normalized spacial score (nSPS) is 15.3. The number of hydrogen-bond acceptors (Lipinski definition) is 7. The largest absolute Gasteiger partial charge is 0.530 e. The number of carbonyl (C=O) groups excluding carboxylic acids is 3. The first-order chi connectivity index (χ1) is 19.4. The third-order valence-corrected chi connectivity index (χ3v) is 8.77. The Bertz CT molecular complexity index is 1290. The van der Waals surface area contributed by atoms with E-state index >= 15 is 0 Å². The van der Waals surface area contributed by atoms with E-state index in [2.05, 4.69) is 5.32 Å². The van der Waals surface area contributed by atoms with Crippen LogP contribution in [0.15, 0.2) is 59.5 Å². The molecule has 1 aliphatic heterocycles. The number of nitrogens with one attached hydrogen (secondary N) is 1. The van der Waals surface area contributed by atoms with E-state index in [0.29, 0.717) is 25.1 Å². The smallest absolute Gasteiger partial charge is 0.243 e. The number of aliphatic hydroxyl groups excluding tert-OH is 1. The fraction of sp³-hybridized carbons (Fsp3) is 0.483. The number of nitrogens with zero attached hydrogens (tertiary/aromatic N) is 3. The minimum Gasteiger partial charge on any atom is -0.530 e. The summed E-state index contributed by atoms with van der Waals surface area (Å²) in [5, 5.41) is 26.4. The molecule has 12 heteroatoms. The Kier molecular flexibility index (Phi) is 11.3. The molecule has 11 nitrogen and oxygen atoms in total. The lowest BCUT2D eigenvalue weighted by Gasteiger charge is -2.39. The van der Waals surface area contributed by atoms with Gasteiger partial charge in [-0.15, -0.1) is 0 Å². The molecule has 41 heavy (non-hydrogen) atoms. The van der Waals surface area contributed by atoms with Crippen LogP contribution in [0, 0.1) is 5.92 Å². The van der Waals surface area contributed by atoms with Gasteiger partial charge in [0.25, 0.3) is 0 Å². The van der Waals surface area contributed by atoms with Crippen LogP contribution in [0.4, 0.5) is 10.5 Å². The Morgan fingerprint density at radius 2 is 1.73 bits per heavy atom. The maximum Gasteiger partial charge on any atom is 0.243 e. The second-order valence-corrected chi connectivity index (χ2v) is 12.6. The summed E-state index contributed by atoms with van der Waals surface area (Å²) in [6.07, 6.45) is -1.69. The molecule has 2 aromatic rings. The standard InChI is InChI=1S/C29H40N4O7S/c1-21(2)19-32(41(39,40)25-13-11-24(12-14-25)30-22(3)34)20-27(35)26(18-23-8-5-4-6-9-23)33(29(37)38)17-16-31-15-7-10-28(31)36/h4-6,8-9,11-14,21,26-27,35H,7,10,15-20H2,1-3H3,(H,30,34)(H,37,38)/p-1/t26-,27+/m0/s1. The van der Waals surface area contributed by atoms with Crippen LogP contribution in [0.2, 0.25) is 0 Å². The van der Waals surface area contributed by atoms with Gasteiger partial charge in [-0.2, -0.15) is 4.31 Å². The van der Waals surface area contributed by atoms with E-state index in [1.165, 1.54) is 31.2 Å². The van der Waals surface area contributed by atoms with Crippen LogP contribution < -0.4 is 10.4 Å². The van der Waals surface area contributed by atoms with Crippen molar-refractivity contribution in [2.75, 3.05) is 38.0 Å². The zero-order chi connectivity index (χ0) is 30.2. The highest BCUT2D eigenvalue weighted by molar-refractivity contribution is 7.89. The molecule has 0 saturated carbocycles. The summed E-state index contributed by atoms with van der Waals surface area (Å²) in [4.78, 5) is 38.4. The van der Waals surface area contributed by atoms with Gasteiger partial charge in [0, 0.05) is 51.8 Å². The number of rotatable bonds is 14. The molecule has 3 amide bonds. The summed E-state index contributed by atoms with van der Waals surface area (Å²) in [7, 11) is -4.10. The molecule has 0 radical (unpaired) electrons. The van der Waals surface area contributed by atoms with Crippen molar-refractivity contribution >= 4 is 33.6 Å². The molecule has 0 bridgehead atoms. The molecule has 1 heterocycles. The summed E-state index contributed by atoms with van der Waals surface area (Å²) in [6, 6.07) is 13.7. The van der Waals surface area contributed by atoms with Gasteiger partial charge in [-0.25, -0.2) is 8.42 Å². The van der Waals surface area contributed by atoms with Gasteiger partial charge in [0.2, 0.25) is 21.8 Å². The van der Waals surface area contributed by atoms with E-state index in [1.807, 2.05) is 19.9 Å². The topological polar surface area (TPSA) is 150 Å². The predicted molar refractivity (Wildman–Crippen MR) is 152 cm³/mol. The number of sulfonamides is 1. The van der Waals surface area contributed by atoms with Crippen LogP contribution in [-0.4, -0.2) is 90.4 Å². The highest BCUT2D eigenvalue weighted by Crippen LogP contribution is 2.22. The molecular weight excluding hydrogens is 548 g/mol. The van der Waals surface area contributed by atoms with Crippen LogP contribution >= 0.6 is 0 Å². The molecule has 0 aliphatic carbocycles. The molecule has 1 fully saturated rings. The average molecular weight is 588 g/mol. The lowest BCUT2D eigenvalue weighted by molar-refractivity contribution is -0.270. The van der Waals surface area contributed by atoms with Crippen molar-refractivity contribution < 1.29 is 33.0 Å². The molecule has 2 aromatic carbocycles. The van der Waals surface area contributed by atoms with Gasteiger partial charge in [-0.1, -0.05) is 44.2 Å². The van der Waals surface area contributed by atoms with Gasteiger partial charge in [-0.05, 0) is 48.6 Å². The molecule has 1 saturated heterocycles. The minimum atomic E-state index is -4.10. The summed E-state index contributed by atoms with van der Waals surface area (Å²) >= 11 is 0. The predicted octanol–water partition coefficient (Wildman–Crippen LogP) is 1.53. The SMILES string of the molecule is CC(=O)Nc1ccc(S(=O)(=O)N(CC(C)C)C[C@@H](O)[C@H](Cc2ccccc2)N(CCN2CCCC2=O)C(=O)[O-])cc1. The Morgan fingerprint density at radius 1 is 1.07 bits per heavy atom. The summed E-state index contributed by atoms with van der Waals surface area (Å²) < 4.78 is 28.6. The number of anilines is 1. The second-order valence-electron chi connectivity index (χ2n) is 10.7. The van der Waals surface area contributed by atoms with Gasteiger partial charge < -0.3 is 30.1 Å². The Balaban J connectivity index is 1.90. The van der Waals surface area contributed by atoms with Gasteiger partial charge in [-0.3, -0.25) is 9.59 Å². The number of amides is 3. The fourth-order valence-electron chi connectivity index (χ4n) is 4.94. The molecule has 1 aliphatic rings. The van der Waals surface area contributed by atoms with Crippen LogP contribution in [0.5, 0.6) is 0 Å². The fourth-order valence-corrected chi connectivity index (χ4v) is 6.56. The molecule has 0 aromatic heterocycles. The van der Waals surface area contributed by atoms with Crippen LogP contribution in [-0.2, 0) is 26.0 Å². The summed E-state index contributed by atoms with van der Waals surface area (Å²) in [5.41, 5.74) is 1.20. The Labute approximate surface area is 241 Å². The van der Waals surface area contributed by atoms with Gasteiger partial charge >= 0.3 is 0 Å². The van der Waals surface area contributed by atoms with Crippen molar-refractivity contribution in [1.82, 2.24) is 14.1 Å². The molecule has 224 valence electrons. The summed E-state index contributed by atoms with van der Waals surface area (Å²) in [5.74, 6) is -0.440. The number of aliphatic hydroxyl groups is 1. The average Bonchev–Trinajstić information content (AvgIpc) is 3.32. The first-order valence-corrected chi connectivity index (χ1v) is 15.2. The number of benzene rings is 2. The molecule has 2 atom stereocenters. The summed E-state index contributed by atoms with van der Waals surface area (Å²) in [6.45, 7) is 5.36. The number of likely N-dealkylation sites (tertiary alicyclic amines) is 1. The lowest BCUT2D eigenvalue weighted by Crippen LogP contribution is -2.57. The van der Waals surface area contributed by atoms with Crippen molar-refractivity contribution in [3.8, 4) is 0 Å². The molecule has 3 rings (SSSR count). The van der Waals surface area contributed by atoms with E-state index in [1.54, 1.807) is 29.2 Å². The quantitative estimate of drug-likeness (QED) is 0.340. The van der Waals surface area contributed by atoms with Gasteiger partial charge in [0.15, 0.2) is 0 Å². The van der Waals surface area contributed by atoms with E-state index in [0.717, 1.165) is 14.8 Å². The highest BCUT2D eigenvalue weighted by atomic mass is 32.2. The number of hydrogen-bond donors (Lipinski definition) is 2. The van der Waals surface area contributed by atoms with E-state index in [-0.39, 0.29) is 55.2 Å². The van der Waals surface area contributed by atoms with Crippen LogP contribution in [0.3, 0.4) is 0 Å². The van der Waals surface area contributed by atoms with Gasteiger partial charge in [0.05, 0.1) is 17.0 Å². The zero-order valence-electron chi connectivity index (χ0n) is 23.7. The van der Waals surface area contributed by atoms with Gasteiger partial charge in [0.1, 0.15) is 6.09 Å². The van der Waals surface area contributed by atoms with Crippen molar-refractivity contribution in [1.29, 1.82) is 0 Å². The second kappa shape index (κ2) is 14.4. The minimum absolute atomic E-state index is 0.0247. The van der Waals surface area contributed by atoms with Crippen LogP contribution in [0.1, 0.15) is 39.2 Å². The third-order valence-electron chi connectivity index (χ3n) is 6.92. The van der Waals surface area contributed by atoms with E-state index in [4.69, 9.17) is 0 Å². The monoisotopic (exact) mass is 587 g/mol. The van der Waals surface area contributed by atoms with E-state index < -0.39 is 28.3 Å². The van der Waals surface area contributed by atoms with Crippen LogP contribution in [0.25, 0.3) is 0 Å². The first-order valence-electron chi connectivity index (χ1n) is 13.7. The third kappa shape index (κ3) is 9.00. The molecular formula is C29H39N4O7S-. The first kappa shape index (κ1) is 32.0. The lowest BCUT2D eigenvalue weighted by atomic mass is 9.99. The highest BCUT2D eigenvalue weighted by Gasteiger charge is 2.34. The maximum atomic E-state index is 13.7.